The van der Waals surface area contributed by atoms with E-state index in [-0.39, 0.29) is 12.2 Å². The number of aliphatic hydroxyl groups excluding tert-OH is 1. The van der Waals surface area contributed by atoms with Crippen LogP contribution in [0.25, 0.3) is 0 Å². The fraction of sp³-hybridized carbons (Fsp3) is 0.818. The molecule has 74 valence electrons. The minimum absolute atomic E-state index is 0.0816. The van der Waals surface area contributed by atoms with Gasteiger partial charge in [-0.1, -0.05) is 6.08 Å². The molecule has 0 aromatic heterocycles. The lowest BCUT2D eigenvalue weighted by Gasteiger charge is -2.27. The minimum atomic E-state index is -0.317. The van der Waals surface area contributed by atoms with Crippen molar-refractivity contribution < 1.29 is 9.84 Å². The maximum Gasteiger partial charge on any atom is 0.101 e. The first-order valence-electron chi connectivity index (χ1n) is 5.36. The standard InChI is InChI=1S/C11H18O2/c12-11(9-5-1-2-6-9)10-7-3-4-8-13-10/h5,10-12H,1-4,6-8H2. The summed E-state index contributed by atoms with van der Waals surface area (Å²) >= 11 is 0. The average molecular weight is 182 g/mol. The molecule has 2 rings (SSSR count). The molecule has 0 bridgehead atoms. The first-order valence-corrected chi connectivity index (χ1v) is 5.36. The van der Waals surface area contributed by atoms with E-state index < -0.39 is 0 Å². The van der Waals surface area contributed by atoms with Gasteiger partial charge < -0.3 is 9.84 Å². The van der Waals surface area contributed by atoms with E-state index in [0.717, 1.165) is 32.3 Å². The predicted octanol–water partition coefficient (Wildman–Crippen LogP) is 2.03. The van der Waals surface area contributed by atoms with Crippen molar-refractivity contribution in [2.75, 3.05) is 6.61 Å². The molecule has 0 aromatic carbocycles. The van der Waals surface area contributed by atoms with Crippen molar-refractivity contribution in [1.29, 1.82) is 0 Å². The van der Waals surface area contributed by atoms with Gasteiger partial charge in [-0.3, -0.25) is 0 Å². The second kappa shape index (κ2) is 4.25. The van der Waals surface area contributed by atoms with E-state index >= 15 is 0 Å². The van der Waals surface area contributed by atoms with Gasteiger partial charge >= 0.3 is 0 Å². The highest BCUT2D eigenvalue weighted by Gasteiger charge is 2.26. The Bertz CT molecular complexity index is 192. The summed E-state index contributed by atoms with van der Waals surface area (Å²) in [4.78, 5) is 0. The minimum Gasteiger partial charge on any atom is -0.386 e. The van der Waals surface area contributed by atoms with Gasteiger partial charge in [-0.05, 0) is 44.1 Å². The zero-order valence-electron chi connectivity index (χ0n) is 8.04. The molecule has 1 saturated heterocycles. The van der Waals surface area contributed by atoms with Crippen LogP contribution in [0.2, 0.25) is 0 Å². The van der Waals surface area contributed by atoms with Gasteiger partial charge in [0.2, 0.25) is 0 Å². The van der Waals surface area contributed by atoms with Crippen LogP contribution in [-0.2, 0) is 4.74 Å². The molecule has 0 saturated carbocycles. The van der Waals surface area contributed by atoms with E-state index in [4.69, 9.17) is 4.74 Å². The molecule has 0 spiro atoms. The summed E-state index contributed by atoms with van der Waals surface area (Å²) in [7, 11) is 0. The van der Waals surface area contributed by atoms with Crippen molar-refractivity contribution in [3.05, 3.63) is 11.6 Å². The number of ether oxygens (including phenoxy) is 1. The van der Waals surface area contributed by atoms with E-state index in [1.54, 1.807) is 0 Å². The van der Waals surface area contributed by atoms with Crippen LogP contribution < -0.4 is 0 Å². The fourth-order valence-corrected chi connectivity index (χ4v) is 2.22. The Morgan fingerprint density at radius 1 is 1.38 bits per heavy atom. The second-order valence-corrected chi connectivity index (χ2v) is 4.02. The number of hydrogen-bond donors (Lipinski definition) is 1. The quantitative estimate of drug-likeness (QED) is 0.662. The van der Waals surface area contributed by atoms with Crippen LogP contribution in [-0.4, -0.2) is 23.9 Å². The summed E-state index contributed by atoms with van der Waals surface area (Å²) < 4.78 is 5.56. The Morgan fingerprint density at radius 3 is 2.92 bits per heavy atom. The van der Waals surface area contributed by atoms with Gasteiger partial charge in [-0.15, -0.1) is 0 Å². The van der Waals surface area contributed by atoms with Crippen molar-refractivity contribution in [1.82, 2.24) is 0 Å². The second-order valence-electron chi connectivity index (χ2n) is 4.02. The maximum absolute atomic E-state index is 9.98. The van der Waals surface area contributed by atoms with E-state index in [1.807, 2.05) is 0 Å². The van der Waals surface area contributed by atoms with Crippen molar-refractivity contribution in [2.24, 2.45) is 0 Å². The highest BCUT2D eigenvalue weighted by molar-refractivity contribution is 5.14. The summed E-state index contributed by atoms with van der Waals surface area (Å²) in [5.41, 5.74) is 1.21. The molecule has 1 heterocycles. The normalized spacial score (nSPS) is 31.5. The van der Waals surface area contributed by atoms with Gasteiger partial charge in [-0.25, -0.2) is 0 Å². The molecule has 1 aliphatic heterocycles. The number of aliphatic hydroxyl groups is 1. The lowest BCUT2D eigenvalue weighted by molar-refractivity contribution is -0.0486. The molecule has 2 atom stereocenters. The topological polar surface area (TPSA) is 29.5 Å². The van der Waals surface area contributed by atoms with Crippen LogP contribution in [0.5, 0.6) is 0 Å². The summed E-state index contributed by atoms with van der Waals surface area (Å²) in [5, 5.41) is 9.98. The zero-order valence-corrected chi connectivity index (χ0v) is 8.04. The molecular weight excluding hydrogens is 164 g/mol. The van der Waals surface area contributed by atoms with Gasteiger partial charge in [0.1, 0.15) is 6.10 Å². The van der Waals surface area contributed by atoms with E-state index in [0.29, 0.717) is 0 Å². The first-order chi connectivity index (χ1) is 6.38. The largest absolute Gasteiger partial charge is 0.386 e. The summed E-state index contributed by atoms with van der Waals surface area (Å²) in [6.07, 6.45) is 8.75. The summed E-state index contributed by atoms with van der Waals surface area (Å²) in [6, 6.07) is 0. The SMILES string of the molecule is OC(C1=CCCC1)C1CCCCO1. The average Bonchev–Trinajstić information content (AvgIpc) is 2.71. The van der Waals surface area contributed by atoms with E-state index in [9.17, 15) is 5.11 Å². The monoisotopic (exact) mass is 182 g/mol. The number of hydrogen-bond acceptors (Lipinski definition) is 2. The summed E-state index contributed by atoms with van der Waals surface area (Å²) in [5.74, 6) is 0. The van der Waals surface area contributed by atoms with Gasteiger partial charge in [0.15, 0.2) is 0 Å². The van der Waals surface area contributed by atoms with Crippen LogP contribution in [0.3, 0.4) is 0 Å². The van der Waals surface area contributed by atoms with E-state index in [2.05, 4.69) is 6.08 Å². The van der Waals surface area contributed by atoms with Crippen molar-refractivity contribution in [2.45, 2.75) is 50.7 Å². The molecule has 0 radical (unpaired) electrons. The Kier molecular flexibility index (Phi) is 3.01. The Balaban J connectivity index is 1.90. The first kappa shape index (κ1) is 9.22. The Morgan fingerprint density at radius 2 is 2.31 bits per heavy atom. The molecule has 13 heavy (non-hydrogen) atoms. The van der Waals surface area contributed by atoms with Gasteiger partial charge in [0.05, 0.1) is 6.10 Å². The molecule has 2 aliphatic rings. The predicted molar refractivity (Wildman–Crippen MR) is 51.5 cm³/mol. The van der Waals surface area contributed by atoms with Crippen molar-refractivity contribution in [3.8, 4) is 0 Å². The molecule has 2 heteroatoms. The molecule has 2 unspecified atom stereocenters. The molecule has 1 aliphatic carbocycles. The number of rotatable bonds is 2. The molecule has 1 N–H and O–H groups in total. The van der Waals surface area contributed by atoms with E-state index in [1.165, 1.54) is 18.4 Å². The third-order valence-corrected chi connectivity index (χ3v) is 3.02. The van der Waals surface area contributed by atoms with Crippen LogP contribution in [0, 0.1) is 0 Å². The fourth-order valence-electron chi connectivity index (χ4n) is 2.22. The molecule has 0 amide bonds. The van der Waals surface area contributed by atoms with Crippen molar-refractivity contribution >= 4 is 0 Å². The van der Waals surface area contributed by atoms with Gasteiger partial charge in [0, 0.05) is 6.61 Å². The number of allylic oxidation sites excluding steroid dienone is 1. The maximum atomic E-state index is 9.98. The van der Waals surface area contributed by atoms with Crippen LogP contribution >= 0.6 is 0 Å². The van der Waals surface area contributed by atoms with Gasteiger partial charge in [0.25, 0.3) is 0 Å². The molecule has 1 fully saturated rings. The highest BCUT2D eigenvalue weighted by Crippen LogP contribution is 2.27. The molecule has 0 aromatic rings. The third-order valence-electron chi connectivity index (χ3n) is 3.02. The van der Waals surface area contributed by atoms with Crippen LogP contribution in [0.4, 0.5) is 0 Å². The lowest BCUT2D eigenvalue weighted by Crippen LogP contribution is -2.33. The molecule has 2 nitrogen and oxygen atoms in total. The van der Waals surface area contributed by atoms with Crippen LogP contribution in [0.1, 0.15) is 38.5 Å². The zero-order chi connectivity index (χ0) is 9.10. The summed E-state index contributed by atoms with van der Waals surface area (Å²) in [6.45, 7) is 0.828. The smallest absolute Gasteiger partial charge is 0.101 e. The third kappa shape index (κ3) is 2.12. The molecular formula is C11H18O2. The van der Waals surface area contributed by atoms with Crippen molar-refractivity contribution in [3.63, 3.8) is 0 Å². The lowest BCUT2D eigenvalue weighted by atomic mass is 9.98. The van der Waals surface area contributed by atoms with Crippen LogP contribution in [0.15, 0.2) is 11.6 Å². The highest BCUT2D eigenvalue weighted by atomic mass is 16.5. The Labute approximate surface area is 79.6 Å². The van der Waals surface area contributed by atoms with Gasteiger partial charge in [-0.2, -0.15) is 0 Å². The Hall–Kier alpha value is -0.340.